The van der Waals surface area contributed by atoms with Gasteiger partial charge in [0.1, 0.15) is 11.3 Å². The Kier molecular flexibility index (Phi) is 4.43. The molecule has 10 nitrogen and oxygen atoms in total. The van der Waals surface area contributed by atoms with Gasteiger partial charge < -0.3 is 9.40 Å². The van der Waals surface area contributed by atoms with Gasteiger partial charge in [-0.25, -0.2) is 9.97 Å². The maximum Gasteiger partial charge on any atom is 0.294 e. The van der Waals surface area contributed by atoms with E-state index in [1.54, 1.807) is 24.3 Å². The summed E-state index contributed by atoms with van der Waals surface area (Å²) in [7, 11) is -8.67. The summed E-state index contributed by atoms with van der Waals surface area (Å²) in [5.41, 5.74) is 2.97. The fourth-order valence-corrected chi connectivity index (χ4v) is 4.25. The van der Waals surface area contributed by atoms with E-state index in [9.17, 15) is 25.9 Å². The maximum absolute atomic E-state index is 11.3. The second-order valence-corrected chi connectivity index (χ2v) is 9.78. The van der Waals surface area contributed by atoms with Gasteiger partial charge in [-0.3, -0.25) is 9.11 Å². The lowest BCUT2D eigenvalue weighted by Crippen LogP contribution is -1.97. The van der Waals surface area contributed by atoms with Gasteiger partial charge in [-0.15, -0.1) is 0 Å². The van der Waals surface area contributed by atoms with Gasteiger partial charge in [0, 0.05) is 17.2 Å². The highest BCUT2D eigenvalue weighted by Crippen LogP contribution is 2.29. The van der Waals surface area contributed by atoms with Crippen LogP contribution < -0.4 is 0 Å². The SMILES string of the molecule is O=S(=O)(O)c1ccc2nc(-c3ccc(-c4nc5ccc(S(=O)(=O)O)cc5o4)cc3)[nH]c2c1. The van der Waals surface area contributed by atoms with Gasteiger partial charge in [-0.1, -0.05) is 12.1 Å². The van der Waals surface area contributed by atoms with Crippen molar-refractivity contribution in [2.45, 2.75) is 9.79 Å². The van der Waals surface area contributed by atoms with Crippen LogP contribution in [-0.2, 0) is 20.2 Å². The Morgan fingerprint density at radius 2 is 1.31 bits per heavy atom. The zero-order valence-electron chi connectivity index (χ0n) is 15.9. The number of hydrogen-bond acceptors (Lipinski definition) is 7. The van der Waals surface area contributed by atoms with E-state index in [0.717, 1.165) is 0 Å². The summed E-state index contributed by atoms with van der Waals surface area (Å²) < 4.78 is 69.3. The van der Waals surface area contributed by atoms with Crippen LogP contribution in [0, 0.1) is 0 Å². The minimum Gasteiger partial charge on any atom is -0.436 e. The third-order valence-corrected chi connectivity index (χ3v) is 6.51. The summed E-state index contributed by atoms with van der Waals surface area (Å²) in [6, 6.07) is 14.9. The largest absolute Gasteiger partial charge is 0.436 e. The topological polar surface area (TPSA) is 163 Å². The molecule has 0 fully saturated rings. The lowest BCUT2D eigenvalue weighted by molar-refractivity contribution is 0.481. The molecule has 5 rings (SSSR count). The van der Waals surface area contributed by atoms with E-state index >= 15 is 0 Å². The number of aromatic amines is 1. The van der Waals surface area contributed by atoms with Gasteiger partial charge in [0.05, 0.1) is 20.8 Å². The molecule has 3 aromatic carbocycles. The summed E-state index contributed by atoms with van der Waals surface area (Å²) >= 11 is 0. The Morgan fingerprint density at radius 1 is 0.719 bits per heavy atom. The van der Waals surface area contributed by atoms with Crippen molar-refractivity contribution in [2.75, 3.05) is 0 Å². The van der Waals surface area contributed by atoms with Crippen LogP contribution in [0.25, 0.3) is 45.0 Å². The fourth-order valence-electron chi connectivity index (χ4n) is 3.25. The number of aromatic nitrogens is 3. The number of imidazole rings is 1. The molecule has 2 aromatic heterocycles. The molecule has 2 heterocycles. The predicted molar refractivity (Wildman–Crippen MR) is 114 cm³/mol. The Labute approximate surface area is 181 Å². The molecule has 0 aliphatic rings. The molecule has 5 aromatic rings. The molecule has 0 radical (unpaired) electrons. The second kappa shape index (κ2) is 6.97. The van der Waals surface area contributed by atoms with Gasteiger partial charge in [-0.05, 0) is 42.5 Å². The zero-order chi connectivity index (χ0) is 22.7. The van der Waals surface area contributed by atoms with Gasteiger partial charge >= 0.3 is 0 Å². The van der Waals surface area contributed by atoms with Crippen molar-refractivity contribution in [1.29, 1.82) is 0 Å². The van der Waals surface area contributed by atoms with Crippen LogP contribution in [0.3, 0.4) is 0 Å². The number of oxazole rings is 1. The highest BCUT2D eigenvalue weighted by Gasteiger charge is 2.15. The second-order valence-electron chi connectivity index (χ2n) is 6.94. The minimum absolute atomic E-state index is 0.214. The number of rotatable bonds is 4. The summed E-state index contributed by atoms with van der Waals surface area (Å²) in [6.45, 7) is 0. The van der Waals surface area contributed by atoms with Crippen LogP contribution in [0.4, 0.5) is 0 Å². The molecule has 0 saturated heterocycles. The van der Waals surface area contributed by atoms with E-state index < -0.39 is 20.2 Å². The summed E-state index contributed by atoms with van der Waals surface area (Å²) in [6.07, 6.45) is 0. The molecule has 0 spiro atoms. The van der Waals surface area contributed by atoms with E-state index in [0.29, 0.717) is 33.5 Å². The Bertz CT molecular complexity index is 1590. The Morgan fingerprint density at radius 3 is 1.97 bits per heavy atom. The van der Waals surface area contributed by atoms with E-state index in [1.165, 1.54) is 36.4 Å². The van der Waals surface area contributed by atoms with Crippen molar-refractivity contribution in [3.05, 3.63) is 60.7 Å². The highest BCUT2D eigenvalue weighted by atomic mass is 32.2. The van der Waals surface area contributed by atoms with Gasteiger partial charge in [0.2, 0.25) is 5.89 Å². The van der Waals surface area contributed by atoms with Crippen molar-refractivity contribution in [3.63, 3.8) is 0 Å². The van der Waals surface area contributed by atoms with E-state index in [1.807, 2.05) is 0 Å². The summed E-state index contributed by atoms with van der Waals surface area (Å²) in [4.78, 5) is 11.3. The molecular weight excluding hydrogens is 458 g/mol. The summed E-state index contributed by atoms with van der Waals surface area (Å²) in [5, 5.41) is 0. The summed E-state index contributed by atoms with van der Waals surface area (Å²) in [5.74, 6) is 0.760. The van der Waals surface area contributed by atoms with Crippen LogP contribution in [0.5, 0.6) is 0 Å². The van der Waals surface area contributed by atoms with Crippen LogP contribution >= 0.6 is 0 Å². The molecule has 0 unspecified atom stereocenters. The molecule has 0 aliphatic carbocycles. The first-order valence-electron chi connectivity index (χ1n) is 9.04. The van der Waals surface area contributed by atoms with Crippen molar-refractivity contribution in [3.8, 4) is 22.8 Å². The van der Waals surface area contributed by atoms with Crippen molar-refractivity contribution < 1.29 is 30.4 Å². The molecule has 0 atom stereocenters. The monoisotopic (exact) mass is 471 g/mol. The maximum atomic E-state index is 11.3. The molecule has 0 saturated carbocycles. The number of hydrogen-bond donors (Lipinski definition) is 3. The Hall–Kier alpha value is -3.58. The smallest absolute Gasteiger partial charge is 0.294 e. The lowest BCUT2D eigenvalue weighted by Gasteiger charge is -1.99. The van der Waals surface area contributed by atoms with Gasteiger partial charge in [-0.2, -0.15) is 16.8 Å². The molecule has 0 amide bonds. The van der Waals surface area contributed by atoms with Crippen LogP contribution in [-0.4, -0.2) is 40.9 Å². The molecule has 0 bridgehead atoms. The molecule has 12 heteroatoms. The molecular formula is C20H13N3O7S2. The first-order valence-corrected chi connectivity index (χ1v) is 11.9. The van der Waals surface area contributed by atoms with Gasteiger partial charge in [0.15, 0.2) is 5.58 Å². The van der Waals surface area contributed by atoms with E-state index in [2.05, 4.69) is 15.0 Å². The van der Waals surface area contributed by atoms with Crippen molar-refractivity contribution in [2.24, 2.45) is 0 Å². The van der Waals surface area contributed by atoms with E-state index in [-0.39, 0.29) is 21.3 Å². The van der Waals surface area contributed by atoms with Crippen molar-refractivity contribution in [1.82, 2.24) is 15.0 Å². The quantitative estimate of drug-likeness (QED) is 0.333. The average molecular weight is 471 g/mol. The Balaban J connectivity index is 1.49. The fraction of sp³-hybridized carbons (Fsp3) is 0. The third-order valence-electron chi connectivity index (χ3n) is 4.81. The van der Waals surface area contributed by atoms with E-state index in [4.69, 9.17) is 4.42 Å². The highest BCUT2D eigenvalue weighted by molar-refractivity contribution is 7.86. The van der Waals surface area contributed by atoms with Crippen LogP contribution in [0.2, 0.25) is 0 Å². The standard InChI is InChI=1S/C20H13N3O7S2/c24-31(25,26)13-5-7-15-17(9-13)22-19(21-15)11-1-3-12(4-2-11)20-23-16-8-6-14(32(27,28)29)10-18(16)30-20/h1-10H,(H,21,22)(H,24,25,26)(H,27,28,29). The lowest BCUT2D eigenvalue weighted by atomic mass is 10.1. The van der Waals surface area contributed by atoms with Gasteiger partial charge in [0.25, 0.3) is 20.2 Å². The van der Waals surface area contributed by atoms with Crippen LogP contribution in [0.1, 0.15) is 0 Å². The zero-order valence-corrected chi connectivity index (χ0v) is 17.6. The third kappa shape index (κ3) is 3.65. The predicted octanol–water partition coefficient (Wildman–Crippen LogP) is 3.53. The number of nitrogens with zero attached hydrogens (tertiary/aromatic N) is 2. The minimum atomic E-state index is -4.35. The molecule has 162 valence electrons. The average Bonchev–Trinajstić information content (AvgIpc) is 3.35. The molecule has 32 heavy (non-hydrogen) atoms. The number of fused-ring (bicyclic) bond motifs is 2. The number of benzene rings is 3. The first kappa shape index (κ1) is 20.3. The van der Waals surface area contributed by atoms with Crippen molar-refractivity contribution >= 4 is 42.4 Å². The molecule has 3 N–H and O–H groups in total. The normalized spacial score (nSPS) is 12.6. The van der Waals surface area contributed by atoms with Crippen LogP contribution in [0.15, 0.2) is 74.9 Å². The molecule has 0 aliphatic heterocycles. The first-order chi connectivity index (χ1) is 15.1. The number of H-pyrrole nitrogens is 1. The number of nitrogens with one attached hydrogen (secondary N) is 1.